The number of anilines is 1. The lowest BCUT2D eigenvalue weighted by Crippen LogP contribution is -2.36. The van der Waals surface area contributed by atoms with Crippen LogP contribution in [0, 0.1) is 0 Å². The summed E-state index contributed by atoms with van der Waals surface area (Å²) in [4.78, 5) is 12.0. The van der Waals surface area contributed by atoms with Crippen molar-refractivity contribution < 1.29 is 19.0 Å². The van der Waals surface area contributed by atoms with Crippen LogP contribution < -0.4 is 15.4 Å². The first kappa shape index (κ1) is 20.7. The number of para-hydroxylation sites is 1. The van der Waals surface area contributed by atoms with Gasteiger partial charge in [0.25, 0.3) is 0 Å². The van der Waals surface area contributed by atoms with Crippen molar-refractivity contribution in [3.05, 3.63) is 60.2 Å². The summed E-state index contributed by atoms with van der Waals surface area (Å²) in [7, 11) is 1.65. The minimum atomic E-state index is -0.229. The van der Waals surface area contributed by atoms with Gasteiger partial charge in [-0.3, -0.25) is 0 Å². The Labute approximate surface area is 160 Å². The van der Waals surface area contributed by atoms with Gasteiger partial charge in [-0.1, -0.05) is 30.3 Å². The molecule has 0 aliphatic heterocycles. The average Bonchev–Trinajstić information content (AvgIpc) is 2.67. The van der Waals surface area contributed by atoms with Crippen molar-refractivity contribution in [3.63, 3.8) is 0 Å². The van der Waals surface area contributed by atoms with E-state index in [0.29, 0.717) is 26.4 Å². The molecule has 0 bridgehead atoms. The van der Waals surface area contributed by atoms with Crippen LogP contribution in [-0.2, 0) is 16.1 Å². The standard InChI is InChI=1S/C21H28N2O4/c1-17(11-12-25-2)22-21(24)23-19-8-6-7-18(15-19)16-26-13-14-27-20-9-4-3-5-10-20/h3-10,15,17H,11-14,16H2,1-2H3,(H2,22,23,24). The molecule has 146 valence electrons. The Morgan fingerprint density at radius 1 is 1.04 bits per heavy atom. The van der Waals surface area contributed by atoms with Gasteiger partial charge in [-0.15, -0.1) is 0 Å². The molecule has 6 nitrogen and oxygen atoms in total. The predicted octanol–water partition coefficient (Wildman–Crippen LogP) is 3.83. The molecule has 2 amide bonds. The summed E-state index contributed by atoms with van der Waals surface area (Å²) in [6.07, 6.45) is 0.767. The van der Waals surface area contributed by atoms with E-state index in [9.17, 15) is 4.79 Å². The molecule has 0 radical (unpaired) electrons. The highest BCUT2D eigenvalue weighted by Crippen LogP contribution is 2.12. The van der Waals surface area contributed by atoms with Gasteiger partial charge in [0, 0.05) is 25.4 Å². The van der Waals surface area contributed by atoms with Crippen LogP contribution in [0.3, 0.4) is 0 Å². The Balaban J connectivity index is 1.69. The van der Waals surface area contributed by atoms with Crippen molar-refractivity contribution >= 4 is 11.7 Å². The lowest BCUT2D eigenvalue weighted by molar-refractivity contribution is 0.0889. The third kappa shape index (κ3) is 8.57. The topological polar surface area (TPSA) is 68.8 Å². The molecule has 0 fully saturated rings. The molecule has 0 aromatic heterocycles. The zero-order chi connectivity index (χ0) is 19.3. The number of rotatable bonds is 11. The van der Waals surface area contributed by atoms with Gasteiger partial charge in [0.05, 0.1) is 13.2 Å². The molecular weight excluding hydrogens is 344 g/mol. The molecule has 0 saturated heterocycles. The van der Waals surface area contributed by atoms with E-state index in [1.165, 1.54) is 0 Å². The second kappa shape index (κ2) is 11.9. The number of hydrogen-bond acceptors (Lipinski definition) is 4. The second-order valence-corrected chi connectivity index (χ2v) is 6.20. The van der Waals surface area contributed by atoms with E-state index in [2.05, 4.69) is 10.6 Å². The van der Waals surface area contributed by atoms with Gasteiger partial charge in [-0.2, -0.15) is 0 Å². The molecule has 1 unspecified atom stereocenters. The lowest BCUT2D eigenvalue weighted by atomic mass is 10.2. The summed E-state index contributed by atoms with van der Waals surface area (Å²) in [6.45, 7) is 4.00. The van der Waals surface area contributed by atoms with Gasteiger partial charge in [0.2, 0.25) is 0 Å². The first-order valence-electron chi connectivity index (χ1n) is 9.08. The van der Waals surface area contributed by atoms with Gasteiger partial charge in [0.15, 0.2) is 0 Å². The maximum absolute atomic E-state index is 12.0. The fourth-order valence-electron chi connectivity index (χ4n) is 2.42. The normalized spacial score (nSPS) is 11.6. The van der Waals surface area contributed by atoms with Crippen molar-refractivity contribution in [1.82, 2.24) is 5.32 Å². The summed E-state index contributed by atoms with van der Waals surface area (Å²) >= 11 is 0. The summed E-state index contributed by atoms with van der Waals surface area (Å²) in [5, 5.41) is 5.72. The minimum absolute atomic E-state index is 0.0427. The SMILES string of the molecule is COCCC(C)NC(=O)Nc1cccc(COCCOc2ccccc2)c1. The maximum Gasteiger partial charge on any atom is 0.319 e. The molecule has 2 aromatic rings. The van der Waals surface area contributed by atoms with Crippen molar-refractivity contribution in [2.24, 2.45) is 0 Å². The number of hydrogen-bond donors (Lipinski definition) is 2. The highest BCUT2D eigenvalue weighted by Gasteiger charge is 2.07. The number of benzene rings is 2. The van der Waals surface area contributed by atoms with E-state index in [1.807, 2.05) is 61.5 Å². The number of carbonyl (C=O) groups excluding carboxylic acids is 1. The molecule has 0 aliphatic carbocycles. The zero-order valence-electron chi connectivity index (χ0n) is 15.9. The van der Waals surface area contributed by atoms with Crippen molar-refractivity contribution in [1.29, 1.82) is 0 Å². The van der Waals surface area contributed by atoms with Crippen molar-refractivity contribution in [3.8, 4) is 5.75 Å². The number of methoxy groups -OCH3 is 1. The summed E-state index contributed by atoms with van der Waals surface area (Å²) in [5.41, 5.74) is 1.72. The van der Waals surface area contributed by atoms with Gasteiger partial charge >= 0.3 is 6.03 Å². The van der Waals surface area contributed by atoms with Crippen molar-refractivity contribution in [2.75, 3.05) is 32.2 Å². The Hall–Kier alpha value is -2.57. The second-order valence-electron chi connectivity index (χ2n) is 6.20. The molecule has 0 saturated carbocycles. The van der Waals surface area contributed by atoms with Crippen LogP contribution in [0.4, 0.5) is 10.5 Å². The van der Waals surface area contributed by atoms with Crippen LogP contribution in [0.5, 0.6) is 5.75 Å². The number of carbonyl (C=O) groups is 1. The number of urea groups is 1. The largest absolute Gasteiger partial charge is 0.491 e. The summed E-state index contributed by atoms with van der Waals surface area (Å²) < 4.78 is 16.2. The average molecular weight is 372 g/mol. The monoisotopic (exact) mass is 372 g/mol. The summed E-state index contributed by atoms with van der Waals surface area (Å²) in [5.74, 6) is 0.832. The molecule has 0 spiro atoms. The van der Waals surface area contributed by atoms with E-state index in [1.54, 1.807) is 7.11 Å². The Kier molecular flexibility index (Phi) is 9.17. The molecular formula is C21H28N2O4. The predicted molar refractivity (Wildman–Crippen MR) is 106 cm³/mol. The Bertz CT molecular complexity index is 679. The Morgan fingerprint density at radius 2 is 1.85 bits per heavy atom. The molecule has 0 heterocycles. The molecule has 1 atom stereocenters. The molecule has 2 aromatic carbocycles. The number of nitrogens with one attached hydrogen (secondary N) is 2. The van der Waals surface area contributed by atoms with E-state index >= 15 is 0 Å². The van der Waals surface area contributed by atoms with Crippen LogP contribution >= 0.6 is 0 Å². The van der Waals surface area contributed by atoms with Crippen molar-refractivity contribution in [2.45, 2.75) is 26.0 Å². The third-order valence-corrected chi connectivity index (χ3v) is 3.83. The third-order valence-electron chi connectivity index (χ3n) is 3.83. The highest BCUT2D eigenvalue weighted by atomic mass is 16.5. The van der Waals surface area contributed by atoms with Crippen LogP contribution in [0.25, 0.3) is 0 Å². The maximum atomic E-state index is 12.0. The van der Waals surface area contributed by atoms with Gasteiger partial charge in [-0.05, 0) is 43.2 Å². The van der Waals surface area contributed by atoms with E-state index in [4.69, 9.17) is 14.2 Å². The van der Waals surface area contributed by atoms with Crippen LogP contribution in [-0.4, -0.2) is 39.0 Å². The fourth-order valence-corrected chi connectivity index (χ4v) is 2.42. The first-order chi connectivity index (χ1) is 13.2. The van der Waals surface area contributed by atoms with Gasteiger partial charge in [0.1, 0.15) is 12.4 Å². The zero-order valence-corrected chi connectivity index (χ0v) is 15.9. The molecule has 2 N–H and O–H groups in total. The van der Waals surface area contributed by atoms with E-state index in [-0.39, 0.29) is 12.1 Å². The smallest absolute Gasteiger partial charge is 0.319 e. The molecule has 6 heteroatoms. The van der Waals surface area contributed by atoms with Gasteiger partial charge in [-0.25, -0.2) is 4.79 Å². The van der Waals surface area contributed by atoms with Gasteiger partial charge < -0.3 is 24.8 Å². The van der Waals surface area contributed by atoms with E-state index in [0.717, 1.165) is 23.4 Å². The van der Waals surface area contributed by atoms with E-state index < -0.39 is 0 Å². The Morgan fingerprint density at radius 3 is 2.63 bits per heavy atom. The highest BCUT2D eigenvalue weighted by molar-refractivity contribution is 5.89. The van der Waals surface area contributed by atoms with Crippen LogP contribution in [0.1, 0.15) is 18.9 Å². The molecule has 27 heavy (non-hydrogen) atoms. The lowest BCUT2D eigenvalue weighted by Gasteiger charge is -2.14. The minimum Gasteiger partial charge on any atom is -0.491 e. The number of ether oxygens (including phenoxy) is 3. The quantitative estimate of drug-likeness (QED) is 0.588. The van der Waals surface area contributed by atoms with Crippen LogP contribution in [0.15, 0.2) is 54.6 Å². The summed E-state index contributed by atoms with van der Waals surface area (Å²) in [6, 6.07) is 17.1. The van der Waals surface area contributed by atoms with Crippen LogP contribution in [0.2, 0.25) is 0 Å². The molecule has 2 rings (SSSR count). The molecule has 0 aliphatic rings. The first-order valence-corrected chi connectivity index (χ1v) is 9.08. The fraction of sp³-hybridized carbons (Fsp3) is 0.381. The number of amides is 2.